The average Bonchev–Trinajstić information content (AvgIpc) is 2.59. The van der Waals surface area contributed by atoms with Crippen LogP contribution in [-0.4, -0.2) is 18.1 Å². The van der Waals surface area contributed by atoms with Crippen LogP contribution >= 0.6 is 0 Å². The van der Waals surface area contributed by atoms with Gasteiger partial charge in [-0.05, 0) is 42.0 Å². The molecule has 2 aromatic carbocycles. The normalized spacial score (nSPS) is 16.8. The summed E-state index contributed by atoms with van der Waals surface area (Å²) < 4.78 is 5.16. The van der Waals surface area contributed by atoms with Crippen molar-refractivity contribution in [2.24, 2.45) is 5.92 Å². The van der Waals surface area contributed by atoms with Gasteiger partial charge in [-0.25, -0.2) is 0 Å². The van der Waals surface area contributed by atoms with Crippen LogP contribution < -0.4 is 10.1 Å². The van der Waals surface area contributed by atoms with Crippen molar-refractivity contribution in [1.82, 2.24) is 5.32 Å². The van der Waals surface area contributed by atoms with Crippen molar-refractivity contribution in [3.63, 3.8) is 0 Å². The van der Waals surface area contributed by atoms with E-state index in [-0.39, 0.29) is 11.9 Å². The van der Waals surface area contributed by atoms with Gasteiger partial charge in [0, 0.05) is 0 Å². The van der Waals surface area contributed by atoms with Gasteiger partial charge in [0.15, 0.2) is 6.10 Å². The lowest BCUT2D eigenvalue weighted by Gasteiger charge is -2.35. The van der Waals surface area contributed by atoms with E-state index in [4.69, 9.17) is 4.74 Å². The summed E-state index contributed by atoms with van der Waals surface area (Å²) in [5.41, 5.74) is 1.63. The minimum Gasteiger partial charge on any atom is -0.497 e. The second-order valence-corrected chi connectivity index (χ2v) is 6.27. The molecule has 0 bridgehead atoms. The minimum atomic E-state index is -1.20. The molecule has 2 aromatic rings. The SMILES string of the molecule is COc1cccc(C(O)C(=O)NC(c2ccccc2)C2CCC2)c1. The number of rotatable bonds is 6. The number of hydrogen-bond donors (Lipinski definition) is 2. The number of methoxy groups -OCH3 is 1. The monoisotopic (exact) mass is 325 g/mol. The molecule has 0 spiro atoms. The molecule has 4 heteroatoms. The molecule has 0 radical (unpaired) electrons. The summed E-state index contributed by atoms with van der Waals surface area (Å²) in [6.45, 7) is 0. The molecular formula is C20H23NO3. The molecule has 4 nitrogen and oxygen atoms in total. The topological polar surface area (TPSA) is 58.6 Å². The van der Waals surface area contributed by atoms with Crippen molar-refractivity contribution in [2.45, 2.75) is 31.4 Å². The van der Waals surface area contributed by atoms with Crippen molar-refractivity contribution in [1.29, 1.82) is 0 Å². The van der Waals surface area contributed by atoms with Crippen LogP contribution in [0, 0.1) is 5.92 Å². The second-order valence-electron chi connectivity index (χ2n) is 6.27. The summed E-state index contributed by atoms with van der Waals surface area (Å²) in [6.07, 6.45) is 2.21. The number of aliphatic hydroxyl groups is 1. The first-order chi connectivity index (χ1) is 11.7. The van der Waals surface area contributed by atoms with E-state index in [1.54, 1.807) is 31.4 Å². The first-order valence-corrected chi connectivity index (χ1v) is 8.36. The summed E-state index contributed by atoms with van der Waals surface area (Å²) in [4.78, 5) is 12.6. The molecule has 1 fully saturated rings. The first kappa shape index (κ1) is 16.5. The second kappa shape index (κ2) is 7.49. The quantitative estimate of drug-likeness (QED) is 0.856. The number of amides is 1. The fourth-order valence-electron chi connectivity index (χ4n) is 3.10. The van der Waals surface area contributed by atoms with Crippen LogP contribution in [0.3, 0.4) is 0 Å². The van der Waals surface area contributed by atoms with Crippen LogP contribution in [0.25, 0.3) is 0 Å². The highest BCUT2D eigenvalue weighted by atomic mass is 16.5. The Morgan fingerprint density at radius 2 is 1.83 bits per heavy atom. The molecule has 0 saturated heterocycles. The Morgan fingerprint density at radius 3 is 2.46 bits per heavy atom. The Labute approximate surface area is 142 Å². The van der Waals surface area contributed by atoms with Gasteiger partial charge in [0.1, 0.15) is 5.75 Å². The molecule has 2 atom stereocenters. The number of carbonyl (C=O) groups is 1. The summed E-state index contributed by atoms with van der Waals surface area (Å²) in [6, 6.07) is 16.9. The maximum Gasteiger partial charge on any atom is 0.253 e. The fourth-order valence-corrected chi connectivity index (χ4v) is 3.10. The molecule has 1 aliphatic rings. The van der Waals surface area contributed by atoms with E-state index >= 15 is 0 Å². The number of carbonyl (C=O) groups excluding carboxylic acids is 1. The van der Waals surface area contributed by atoms with Crippen LogP contribution in [0.15, 0.2) is 54.6 Å². The van der Waals surface area contributed by atoms with Gasteiger partial charge < -0.3 is 15.2 Å². The molecular weight excluding hydrogens is 302 g/mol. The largest absolute Gasteiger partial charge is 0.497 e. The zero-order valence-corrected chi connectivity index (χ0v) is 13.8. The third-order valence-corrected chi connectivity index (χ3v) is 4.74. The highest BCUT2D eigenvalue weighted by Crippen LogP contribution is 2.38. The summed E-state index contributed by atoms with van der Waals surface area (Å²) in [5, 5.41) is 13.5. The van der Waals surface area contributed by atoms with E-state index in [1.165, 1.54) is 6.42 Å². The third-order valence-electron chi connectivity index (χ3n) is 4.74. The molecule has 2 unspecified atom stereocenters. The molecule has 0 aliphatic heterocycles. The number of aliphatic hydroxyl groups excluding tert-OH is 1. The predicted molar refractivity (Wildman–Crippen MR) is 92.6 cm³/mol. The predicted octanol–water partition coefficient (Wildman–Crippen LogP) is 3.39. The zero-order valence-electron chi connectivity index (χ0n) is 13.8. The maximum absolute atomic E-state index is 12.6. The lowest BCUT2D eigenvalue weighted by atomic mass is 9.77. The van der Waals surface area contributed by atoms with E-state index in [2.05, 4.69) is 5.32 Å². The number of benzene rings is 2. The van der Waals surface area contributed by atoms with Crippen LogP contribution in [0.4, 0.5) is 0 Å². The highest BCUT2D eigenvalue weighted by molar-refractivity contribution is 5.82. The van der Waals surface area contributed by atoms with Crippen LogP contribution in [0.1, 0.15) is 42.5 Å². The highest BCUT2D eigenvalue weighted by Gasteiger charge is 2.31. The molecule has 3 rings (SSSR count). The molecule has 24 heavy (non-hydrogen) atoms. The molecule has 1 amide bonds. The van der Waals surface area contributed by atoms with Gasteiger partial charge in [-0.15, -0.1) is 0 Å². The molecule has 126 valence electrons. The first-order valence-electron chi connectivity index (χ1n) is 8.36. The Hall–Kier alpha value is -2.33. The van der Waals surface area contributed by atoms with Crippen molar-refractivity contribution in [3.05, 3.63) is 65.7 Å². The standard InChI is InChI=1S/C20H23NO3/c1-24-17-12-6-11-16(13-17)19(22)20(23)21-18(15-9-5-10-15)14-7-3-2-4-8-14/h2-4,6-8,11-13,15,18-19,22H,5,9-10H2,1H3,(H,21,23). The lowest BCUT2D eigenvalue weighted by Crippen LogP contribution is -2.38. The van der Waals surface area contributed by atoms with E-state index in [1.807, 2.05) is 30.3 Å². The smallest absolute Gasteiger partial charge is 0.253 e. The molecule has 0 heterocycles. The van der Waals surface area contributed by atoms with Gasteiger partial charge in [0.2, 0.25) is 0 Å². The maximum atomic E-state index is 12.6. The van der Waals surface area contributed by atoms with Gasteiger partial charge in [-0.3, -0.25) is 4.79 Å². The summed E-state index contributed by atoms with van der Waals surface area (Å²) in [5.74, 6) is 0.691. The van der Waals surface area contributed by atoms with Crippen molar-refractivity contribution in [3.8, 4) is 5.75 Å². The Balaban J connectivity index is 1.75. The Bertz CT molecular complexity index is 682. The summed E-state index contributed by atoms with van der Waals surface area (Å²) >= 11 is 0. The minimum absolute atomic E-state index is 0.0484. The summed E-state index contributed by atoms with van der Waals surface area (Å²) in [7, 11) is 1.56. The van der Waals surface area contributed by atoms with Gasteiger partial charge in [-0.2, -0.15) is 0 Å². The van der Waals surface area contributed by atoms with Gasteiger partial charge in [0.25, 0.3) is 5.91 Å². The van der Waals surface area contributed by atoms with Crippen LogP contribution in [-0.2, 0) is 4.79 Å². The van der Waals surface area contributed by atoms with E-state index < -0.39 is 6.10 Å². The van der Waals surface area contributed by atoms with Crippen molar-refractivity contribution < 1.29 is 14.6 Å². The lowest BCUT2D eigenvalue weighted by molar-refractivity contribution is -0.131. The van der Waals surface area contributed by atoms with Gasteiger partial charge in [-0.1, -0.05) is 48.9 Å². The van der Waals surface area contributed by atoms with Gasteiger partial charge in [0.05, 0.1) is 13.2 Å². The van der Waals surface area contributed by atoms with Gasteiger partial charge >= 0.3 is 0 Å². The zero-order chi connectivity index (χ0) is 16.9. The fraction of sp³-hybridized carbons (Fsp3) is 0.350. The Kier molecular flexibility index (Phi) is 5.16. The molecule has 2 N–H and O–H groups in total. The number of nitrogens with one attached hydrogen (secondary N) is 1. The van der Waals surface area contributed by atoms with E-state index in [0.717, 1.165) is 18.4 Å². The van der Waals surface area contributed by atoms with Crippen LogP contribution in [0.2, 0.25) is 0 Å². The van der Waals surface area contributed by atoms with E-state index in [0.29, 0.717) is 17.2 Å². The Morgan fingerprint density at radius 1 is 1.12 bits per heavy atom. The van der Waals surface area contributed by atoms with Crippen LogP contribution in [0.5, 0.6) is 5.75 Å². The third kappa shape index (κ3) is 3.60. The van der Waals surface area contributed by atoms with Crippen molar-refractivity contribution >= 4 is 5.91 Å². The molecule has 1 aliphatic carbocycles. The molecule has 0 aromatic heterocycles. The number of ether oxygens (including phenoxy) is 1. The molecule has 1 saturated carbocycles. The number of hydrogen-bond acceptors (Lipinski definition) is 3. The van der Waals surface area contributed by atoms with E-state index in [9.17, 15) is 9.90 Å². The van der Waals surface area contributed by atoms with Crippen molar-refractivity contribution in [2.75, 3.05) is 7.11 Å². The average molecular weight is 325 g/mol.